The van der Waals surface area contributed by atoms with E-state index in [0.717, 1.165) is 12.1 Å². The maximum Gasteiger partial charge on any atom is 0.261 e. The van der Waals surface area contributed by atoms with Crippen molar-refractivity contribution in [1.29, 1.82) is 0 Å². The van der Waals surface area contributed by atoms with E-state index in [9.17, 15) is 13.2 Å². The molecular weight excluding hydrogens is 442 g/mol. The molecule has 0 radical (unpaired) electrons. The standard InChI is InChI=1S/C24H33N3O5S/c1-16-6-9-20(10-7-16)33(29,30)26-19-8-11-22-21(12-19)24(28)27(4)14-23(31-5)17(2)13-25-18(3)15-32-22/h6-12,17-18,23,25-26H,13-15H2,1-5H3/t17-,18+,23+/m1/s1. The van der Waals surface area contributed by atoms with Gasteiger partial charge in [0.1, 0.15) is 12.4 Å². The number of carbonyl (C=O) groups is 1. The molecule has 0 spiro atoms. The van der Waals surface area contributed by atoms with Crippen LogP contribution in [-0.4, -0.2) is 65.2 Å². The lowest BCUT2D eigenvalue weighted by Crippen LogP contribution is -2.44. The fraction of sp³-hybridized carbons (Fsp3) is 0.458. The summed E-state index contributed by atoms with van der Waals surface area (Å²) in [6, 6.07) is 11.4. The number of methoxy groups -OCH3 is 1. The first-order valence-electron chi connectivity index (χ1n) is 11.0. The van der Waals surface area contributed by atoms with E-state index in [2.05, 4.69) is 17.0 Å². The molecule has 180 valence electrons. The second-order valence-corrected chi connectivity index (χ2v) is 10.4. The first-order chi connectivity index (χ1) is 15.6. The highest BCUT2D eigenvalue weighted by Crippen LogP contribution is 2.27. The molecule has 0 fully saturated rings. The molecule has 3 atom stereocenters. The molecule has 0 unspecified atom stereocenters. The summed E-state index contributed by atoms with van der Waals surface area (Å²) in [5.41, 5.74) is 1.54. The van der Waals surface area contributed by atoms with Crippen LogP contribution >= 0.6 is 0 Å². The van der Waals surface area contributed by atoms with Crippen molar-refractivity contribution in [2.24, 2.45) is 5.92 Å². The number of rotatable bonds is 4. The minimum Gasteiger partial charge on any atom is -0.491 e. The van der Waals surface area contributed by atoms with Crippen molar-refractivity contribution in [1.82, 2.24) is 10.2 Å². The summed E-state index contributed by atoms with van der Waals surface area (Å²) >= 11 is 0. The highest BCUT2D eigenvalue weighted by Gasteiger charge is 2.26. The number of nitrogens with one attached hydrogen (secondary N) is 2. The summed E-state index contributed by atoms with van der Waals surface area (Å²) in [5, 5.41) is 3.44. The highest BCUT2D eigenvalue weighted by molar-refractivity contribution is 7.92. The fourth-order valence-corrected chi connectivity index (χ4v) is 4.70. The molecule has 1 aliphatic heterocycles. The average molecular weight is 476 g/mol. The summed E-state index contributed by atoms with van der Waals surface area (Å²) < 4.78 is 39.8. The van der Waals surface area contributed by atoms with E-state index in [1.54, 1.807) is 55.5 Å². The zero-order valence-electron chi connectivity index (χ0n) is 19.8. The van der Waals surface area contributed by atoms with Gasteiger partial charge in [-0.25, -0.2) is 8.42 Å². The molecule has 0 bridgehead atoms. The quantitative estimate of drug-likeness (QED) is 0.706. The second-order valence-electron chi connectivity index (χ2n) is 8.69. The minimum atomic E-state index is -3.80. The Labute approximate surface area is 196 Å². The number of fused-ring (bicyclic) bond motifs is 1. The number of anilines is 1. The summed E-state index contributed by atoms with van der Waals surface area (Å²) in [5.74, 6) is 0.317. The Balaban J connectivity index is 1.93. The van der Waals surface area contributed by atoms with Gasteiger partial charge in [0.05, 0.1) is 16.6 Å². The molecular formula is C24H33N3O5S. The van der Waals surface area contributed by atoms with E-state index < -0.39 is 10.0 Å². The van der Waals surface area contributed by atoms with Gasteiger partial charge < -0.3 is 19.7 Å². The maximum absolute atomic E-state index is 13.3. The molecule has 2 aromatic carbocycles. The average Bonchev–Trinajstić information content (AvgIpc) is 2.78. The third-order valence-corrected chi connectivity index (χ3v) is 7.21. The van der Waals surface area contributed by atoms with Crippen molar-refractivity contribution in [2.75, 3.05) is 38.6 Å². The van der Waals surface area contributed by atoms with Gasteiger partial charge in [-0.15, -0.1) is 0 Å². The molecule has 1 aliphatic rings. The van der Waals surface area contributed by atoms with Crippen LogP contribution in [0.25, 0.3) is 0 Å². The van der Waals surface area contributed by atoms with Crippen LogP contribution in [-0.2, 0) is 14.8 Å². The summed E-state index contributed by atoms with van der Waals surface area (Å²) in [6.07, 6.45) is -0.148. The molecule has 0 saturated heterocycles. The molecule has 2 aromatic rings. The molecule has 33 heavy (non-hydrogen) atoms. The van der Waals surface area contributed by atoms with E-state index >= 15 is 0 Å². The smallest absolute Gasteiger partial charge is 0.261 e. The molecule has 9 heteroatoms. The second kappa shape index (κ2) is 10.5. The monoisotopic (exact) mass is 475 g/mol. The predicted molar refractivity (Wildman–Crippen MR) is 128 cm³/mol. The molecule has 8 nitrogen and oxygen atoms in total. The Hall–Kier alpha value is -2.62. The van der Waals surface area contributed by atoms with Gasteiger partial charge in [-0.3, -0.25) is 9.52 Å². The van der Waals surface area contributed by atoms with Crippen LogP contribution in [0.3, 0.4) is 0 Å². The Morgan fingerprint density at radius 1 is 1.15 bits per heavy atom. The van der Waals surface area contributed by atoms with E-state index in [1.807, 2.05) is 13.8 Å². The number of hydrogen-bond donors (Lipinski definition) is 2. The summed E-state index contributed by atoms with van der Waals surface area (Å²) in [6.45, 7) is 7.47. The van der Waals surface area contributed by atoms with Crippen molar-refractivity contribution in [2.45, 2.75) is 37.8 Å². The van der Waals surface area contributed by atoms with E-state index in [1.165, 1.54) is 6.07 Å². The van der Waals surface area contributed by atoms with Crippen LogP contribution in [0.2, 0.25) is 0 Å². The number of benzene rings is 2. The van der Waals surface area contributed by atoms with Crippen molar-refractivity contribution in [3.63, 3.8) is 0 Å². The number of sulfonamides is 1. The molecule has 1 amide bonds. The van der Waals surface area contributed by atoms with E-state index in [-0.39, 0.29) is 40.1 Å². The first-order valence-corrected chi connectivity index (χ1v) is 12.5. The molecule has 0 aliphatic carbocycles. The van der Waals surface area contributed by atoms with Crippen LogP contribution in [0.5, 0.6) is 5.75 Å². The number of carbonyl (C=O) groups excluding carboxylic acids is 1. The Morgan fingerprint density at radius 2 is 1.85 bits per heavy atom. The SMILES string of the molecule is CO[C@H]1CN(C)C(=O)c2cc(NS(=O)(=O)c3ccc(C)cc3)ccc2OC[C@H](C)NC[C@H]1C. The molecule has 1 heterocycles. The van der Waals surface area contributed by atoms with Gasteiger partial charge in [0.25, 0.3) is 15.9 Å². The van der Waals surface area contributed by atoms with Gasteiger partial charge >= 0.3 is 0 Å². The normalized spacial score (nSPS) is 22.5. The van der Waals surface area contributed by atoms with E-state index in [4.69, 9.17) is 9.47 Å². The Morgan fingerprint density at radius 3 is 2.52 bits per heavy atom. The van der Waals surface area contributed by atoms with Crippen LogP contribution in [0, 0.1) is 12.8 Å². The van der Waals surface area contributed by atoms with Gasteiger partial charge in [0.15, 0.2) is 0 Å². The number of hydrogen-bond acceptors (Lipinski definition) is 6. The summed E-state index contributed by atoms with van der Waals surface area (Å²) in [7, 11) is -0.455. The van der Waals surface area contributed by atoms with Gasteiger partial charge in [0, 0.05) is 39.0 Å². The zero-order valence-corrected chi connectivity index (χ0v) is 20.6. The molecule has 0 saturated carbocycles. The van der Waals surface area contributed by atoms with Crippen molar-refractivity contribution in [3.8, 4) is 5.75 Å². The zero-order chi connectivity index (χ0) is 24.2. The van der Waals surface area contributed by atoms with Crippen molar-refractivity contribution in [3.05, 3.63) is 53.6 Å². The first kappa shape index (κ1) is 25.0. The van der Waals surface area contributed by atoms with Gasteiger partial charge in [-0.1, -0.05) is 24.6 Å². The highest BCUT2D eigenvalue weighted by atomic mass is 32.2. The molecule has 3 rings (SSSR count). The predicted octanol–water partition coefficient (Wildman–Crippen LogP) is 2.89. The number of aryl methyl sites for hydroxylation is 1. The number of ether oxygens (including phenoxy) is 2. The third-order valence-electron chi connectivity index (χ3n) is 5.81. The van der Waals surface area contributed by atoms with Crippen LogP contribution in [0.15, 0.2) is 47.4 Å². The molecule has 2 N–H and O–H groups in total. The van der Waals surface area contributed by atoms with Crippen molar-refractivity contribution < 1.29 is 22.7 Å². The lowest BCUT2D eigenvalue weighted by Gasteiger charge is -2.30. The van der Waals surface area contributed by atoms with Crippen LogP contribution in [0.4, 0.5) is 5.69 Å². The topological polar surface area (TPSA) is 97.0 Å². The number of likely N-dealkylation sites (N-methyl/N-ethyl adjacent to an activating group) is 1. The lowest BCUT2D eigenvalue weighted by molar-refractivity contribution is 0.0281. The number of amides is 1. The fourth-order valence-electron chi connectivity index (χ4n) is 3.66. The van der Waals surface area contributed by atoms with E-state index in [0.29, 0.717) is 18.9 Å². The largest absolute Gasteiger partial charge is 0.491 e. The summed E-state index contributed by atoms with van der Waals surface area (Å²) in [4.78, 5) is 15.1. The molecule has 0 aromatic heterocycles. The van der Waals surface area contributed by atoms with Gasteiger partial charge in [0.2, 0.25) is 0 Å². The number of nitrogens with zero attached hydrogens (tertiary/aromatic N) is 1. The van der Waals surface area contributed by atoms with Gasteiger partial charge in [-0.05, 0) is 50.1 Å². The Bertz CT molecular complexity index is 1070. The van der Waals surface area contributed by atoms with Crippen LogP contribution in [0.1, 0.15) is 29.8 Å². The Kier molecular flexibility index (Phi) is 7.99. The van der Waals surface area contributed by atoms with Crippen LogP contribution < -0.4 is 14.8 Å². The maximum atomic E-state index is 13.3. The minimum absolute atomic E-state index is 0.0600. The lowest BCUT2D eigenvalue weighted by atomic mass is 10.0. The van der Waals surface area contributed by atoms with Gasteiger partial charge in [-0.2, -0.15) is 0 Å². The van der Waals surface area contributed by atoms with Crippen molar-refractivity contribution >= 4 is 21.6 Å². The third kappa shape index (κ3) is 6.25.